The molecule has 2 aromatic heterocycles. The Bertz CT molecular complexity index is 835. The van der Waals surface area contributed by atoms with Crippen LogP contribution in [0.2, 0.25) is 0 Å². The predicted molar refractivity (Wildman–Crippen MR) is 99.3 cm³/mol. The number of aromatic nitrogens is 2. The average molecular weight is 367 g/mol. The molecule has 0 fully saturated rings. The lowest BCUT2D eigenvalue weighted by Crippen LogP contribution is -2.42. The lowest BCUT2D eigenvalue weighted by atomic mass is 10.1. The van der Waals surface area contributed by atoms with Crippen molar-refractivity contribution < 1.29 is 9.53 Å². The Balaban J connectivity index is 2.29. The quantitative estimate of drug-likeness (QED) is 0.680. The molecule has 8 heteroatoms. The van der Waals surface area contributed by atoms with E-state index in [0.29, 0.717) is 42.3 Å². The Labute approximate surface area is 150 Å². The maximum absolute atomic E-state index is 12.8. The molecule has 0 spiro atoms. The van der Waals surface area contributed by atoms with Gasteiger partial charge in [0, 0.05) is 26.8 Å². The molecule has 0 radical (unpaired) electrons. The summed E-state index contributed by atoms with van der Waals surface area (Å²) in [7, 11) is 1.61. The second-order valence-corrected chi connectivity index (χ2v) is 7.26. The van der Waals surface area contributed by atoms with Crippen LogP contribution >= 0.6 is 11.3 Å². The van der Waals surface area contributed by atoms with E-state index >= 15 is 0 Å². The number of hydrogen-bond acceptors (Lipinski definition) is 5. The predicted octanol–water partition coefficient (Wildman–Crippen LogP) is 1.42. The van der Waals surface area contributed by atoms with Gasteiger partial charge in [0.2, 0.25) is 5.91 Å². The molecular formula is C17H25N3O4S. The Hall–Kier alpha value is -1.93. The second kappa shape index (κ2) is 8.96. The van der Waals surface area contributed by atoms with Gasteiger partial charge in [0.05, 0.1) is 5.52 Å². The summed E-state index contributed by atoms with van der Waals surface area (Å²) in [6, 6.07) is 1.72. The van der Waals surface area contributed by atoms with Crippen LogP contribution in [-0.2, 0) is 22.6 Å². The molecule has 0 bridgehead atoms. The molecule has 0 aromatic carbocycles. The van der Waals surface area contributed by atoms with Crippen molar-refractivity contribution in [3.8, 4) is 0 Å². The molecule has 0 atom stereocenters. The maximum Gasteiger partial charge on any atom is 0.332 e. The third-order valence-electron chi connectivity index (χ3n) is 3.92. The fourth-order valence-electron chi connectivity index (χ4n) is 2.51. The lowest BCUT2D eigenvalue weighted by molar-refractivity contribution is -0.121. The van der Waals surface area contributed by atoms with Gasteiger partial charge >= 0.3 is 5.69 Å². The summed E-state index contributed by atoms with van der Waals surface area (Å²) >= 11 is 1.30. The summed E-state index contributed by atoms with van der Waals surface area (Å²) in [6.07, 6.45) is 1.44. The summed E-state index contributed by atoms with van der Waals surface area (Å²) in [6.45, 7) is 5.40. The number of rotatable bonds is 9. The normalized spacial score (nSPS) is 11.4. The van der Waals surface area contributed by atoms with E-state index in [0.717, 1.165) is 6.42 Å². The van der Waals surface area contributed by atoms with Crippen molar-refractivity contribution in [1.29, 1.82) is 0 Å². The minimum absolute atomic E-state index is 0.0962. The molecular weight excluding hydrogens is 342 g/mol. The van der Waals surface area contributed by atoms with Gasteiger partial charge in [-0.2, -0.15) is 0 Å². The van der Waals surface area contributed by atoms with Crippen molar-refractivity contribution >= 4 is 27.5 Å². The van der Waals surface area contributed by atoms with Gasteiger partial charge in [0.25, 0.3) is 5.56 Å². The van der Waals surface area contributed by atoms with Crippen LogP contribution in [0.3, 0.4) is 0 Å². The molecule has 0 saturated heterocycles. The number of fused-ring (bicyclic) bond motifs is 1. The summed E-state index contributed by atoms with van der Waals surface area (Å²) < 4.78 is 8.09. The first kappa shape index (κ1) is 19.4. The highest BCUT2D eigenvalue weighted by molar-refractivity contribution is 7.17. The van der Waals surface area contributed by atoms with Crippen LogP contribution in [0.5, 0.6) is 0 Å². The summed E-state index contributed by atoms with van der Waals surface area (Å²) in [5.41, 5.74) is -0.177. The van der Waals surface area contributed by atoms with Gasteiger partial charge in [0.15, 0.2) is 0 Å². The van der Waals surface area contributed by atoms with Gasteiger partial charge in [-0.15, -0.1) is 11.3 Å². The number of nitrogens with zero attached hydrogens (tertiary/aromatic N) is 2. The van der Waals surface area contributed by atoms with Crippen LogP contribution in [0.1, 0.15) is 26.7 Å². The zero-order chi connectivity index (χ0) is 18.4. The van der Waals surface area contributed by atoms with Gasteiger partial charge in [-0.05, 0) is 30.2 Å². The lowest BCUT2D eigenvalue weighted by Gasteiger charge is -2.13. The maximum atomic E-state index is 12.8. The third kappa shape index (κ3) is 4.79. The van der Waals surface area contributed by atoms with E-state index in [4.69, 9.17) is 4.74 Å². The number of nitrogens with one attached hydrogen (secondary N) is 1. The van der Waals surface area contributed by atoms with Crippen molar-refractivity contribution in [2.75, 3.05) is 20.3 Å². The number of carbonyl (C=O) groups is 1. The number of amides is 1. The van der Waals surface area contributed by atoms with E-state index in [1.165, 1.54) is 20.5 Å². The molecule has 2 rings (SSSR count). The Kier molecular flexibility index (Phi) is 6.95. The van der Waals surface area contributed by atoms with Crippen LogP contribution in [0.4, 0.5) is 0 Å². The summed E-state index contributed by atoms with van der Waals surface area (Å²) in [5, 5.41) is 4.54. The largest absolute Gasteiger partial charge is 0.385 e. The highest BCUT2D eigenvalue weighted by atomic mass is 32.1. The minimum Gasteiger partial charge on any atom is -0.385 e. The van der Waals surface area contributed by atoms with Gasteiger partial charge in [0.1, 0.15) is 11.2 Å². The first-order valence-corrected chi connectivity index (χ1v) is 9.30. The molecule has 25 heavy (non-hydrogen) atoms. The van der Waals surface area contributed by atoms with E-state index in [1.54, 1.807) is 18.6 Å². The highest BCUT2D eigenvalue weighted by Gasteiger charge is 2.16. The third-order valence-corrected chi connectivity index (χ3v) is 4.81. The molecule has 0 aliphatic heterocycles. The smallest absolute Gasteiger partial charge is 0.332 e. The SMILES string of the molecule is COCCCNC(=O)Cn1c(=O)n(CCC(C)C)c(=O)c2sccc21. The van der Waals surface area contributed by atoms with Gasteiger partial charge in [-0.3, -0.25) is 18.7 Å². The van der Waals surface area contributed by atoms with E-state index in [2.05, 4.69) is 5.32 Å². The number of hydrogen-bond donors (Lipinski definition) is 1. The van der Waals surface area contributed by atoms with E-state index in [-0.39, 0.29) is 18.0 Å². The Morgan fingerprint density at radius 2 is 2.08 bits per heavy atom. The second-order valence-electron chi connectivity index (χ2n) is 6.34. The molecule has 0 aliphatic rings. The molecule has 0 aliphatic carbocycles. The van der Waals surface area contributed by atoms with Crippen LogP contribution in [0.15, 0.2) is 21.0 Å². The zero-order valence-corrected chi connectivity index (χ0v) is 15.7. The highest BCUT2D eigenvalue weighted by Crippen LogP contribution is 2.15. The Morgan fingerprint density at radius 3 is 2.76 bits per heavy atom. The Morgan fingerprint density at radius 1 is 1.32 bits per heavy atom. The first-order valence-electron chi connectivity index (χ1n) is 8.42. The standard InChI is InChI=1S/C17H25N3O4S/c1-12(2)5-8-19-16(22)15-13(6-10-25-15)20(17(19)23)11-14(21)18-7-4-9-24-3/h6,10,12H,4-5,7-9,11H2,1-3H3,(H,18,21). The molecule has 1 amide bonds. The molecule has 138 valence electrons. The summed E-state index contributed by atoms with van der Waals surface area (Å²) in [4.78, 5) is 37.5. The number of carbonyl (C=O) groups excluding carboxylic acids is 1. The van der Waals surface area contributed by atoms with Gasteiger partial charge in [-0.1, -0.05) is 13.8 Å². The van der Waals surface area contributed by atoms with Crippen molar-refractivity contribution in [3.05, 3.63) is 32.3 Å². The molecule has 0 saturated carbocycles. The van der Waals surface area contributed by atoms with Crippen molar-refractivity contribution in [3.63, 3.8) is 0 Å². The van der Waals surface area contributed by atoms with Crippen LogP contribution in [0, 0.1) is 5.92 Å². The molecule has 0 unspecified atom stereocenters. The molecule has 2 aromatic rings. The van der Waals surface area contributed by atoms with Crippen LogP contribution in [-0.4, -0.2) is 35.3 Å². The fraction of sp³-hybridized carbons (Fsp3) is 0.588. The van der Waals surface area contributed by atoms with E-state index in [1.807, 2.05) is 13.8 Å². The molecule has 7 nitrogen and oxygen atoms in total. The monoisotopic (exact) mass is 367 g/mol. The number of ether oxygens (including phenoxy) is 1. The van der Waals surface area contributed by atoms with Crippen molar-refractivity contribution in [2.45, 2.75) is 39.8 Å². The van der Waals surface area contributed by atoms with Crippen LogP contribution < -0.4 is 16.6 Å². The number of thiophene rings is 1. The van der Waals surface area contributed by atoms with Crippen molar-refractivity contribution in [2.24, 2.45) is 5.92 Å². The van der Waals surface area contributed by atoms with Crippen LogP contribution in [0.25, 0.3) is 10.2 Å². The van der Waals surface area contributed by atoms with Gasteiger partial charge < -0.3 is 10.1 Å². The van der Waals surface area contributed by atoms with E-state index in [9.17, 15) is 14.4 Å². The molecule has 2 heterocycles. The van der Waals surface area contributed by atoms with Crippen molar-refractivity contribution in [1.82, 2.24) is 14.5 Å². The minimum atomic E-state index is -0.427. The zero-order valence-electron chi connectivity index (χ0n) is 14.9. The summed E-state index contributed by atoms with van der Waals surface area (Å²) in [5.74, 6) is 0.127. The first-order chi connectivity index (χ1) is 12.0. The van der Waals surface area contributed by atoms with Gasteiger partial charge in [-0.25, -0.2) is 4.79 Å². The molecule has 1 N–H and O–H groups in total. The van der Waals surface area contributed by atoms with E-state index < -0.39 is 5.69 Å². The average Bonchev–Trinajstić information content (AvgIpc) is 3.05. The topological polar surface area (TPSA) is 82.3 Å². The number of methoxy groups -OCH3 is 1. The fourth-order valence-corrected chi connectivity index (χ4v) is 3.36.